The average molecular weight is 496 g/mol. The second kappa shape index (κ2) is 11.2. The van der Waals surface area contributed by atoms with Gasteiger partial charge in [0.05, 0.1) is 12.0 Å². The number of amides is 2. The molecule has 1 aliphatic carbocycles. The second-order valence-electron chi connectivity index (χ2n) is 9.84. The largest absolute Gasteiger partial charge is 0.455 e. The van der Waals surface area contributed by atoms with E-state index in [2.05, 4.69) is 5.32 Å². The van der Waals surface area contributed by atoms with Crippen molar-refractivity contribution in [3.05, 3.63) is 65.0 Å². The number of rotatable bonds is 7. The molecular formula is C28H34FN3O4. The zero-order chi connectivity index (χ0) is 25.7. The van der Waals surface area contributed by atoms with Crippen molar-refractivity contribution >= 4 is 23.5 Å². The molecule has 2 fully saturated rings. The summed E-state index contributed by atoms with van der Waals surface area (Å²) in [5.74, 6) is -1.09. The quantitative estimate of drug-likeness (QED) is 0.594. The highest BCUT2D eigenvalue weighted by atomic mass is 19.1. The molecule has 192 valence electrons. The van der Waals surface area contributed by atoms with Gasteiger partial charge in [-0.05, 0) is 55.5 Å². The molecule has 1 heterocycles. The summed E-state index contributed by atoms with van der Waals surface area (Å²) in [7, 11) is 0. The molecule has 2 amide bonds. The van der Waals surface area contributed by atoms with Gasteiger partial charge in [-0.1, -0.05) is 43.2 Å². The molecule has 2 aromatic rings. The lowest BCUT2D eigenvalue weighted by atomic mass is 9.79. The van der Waals surface area contributed by atoms with Gasteiger partial charge in [0.15, 0.2) is 6.61 Å². The van der Waals surface area contributed by atoms with Crippen molar-refractivity contribution in [3.63, 3.8) is 0 Å². The Labute approximate surface area is 211 Å². The minimum Gasteiger partial charge on any atom is -0.455 e. The minimum absolute atomic E-state index is 0.0799. The smallest absolute Gasteiger partial charge is 0.317 e. The molecule has 4 rings (SSSR count). The summed E-state index contributed by atoms with van der Waals surface area (Å²) >= 11 is 0. The van der Waals surface area contributed by atoms with Gasteiger partial charge in [-0.15, -0.1) is 0 Å². The fourth-order valence-corrected chi connectivity index (χ4v) is 5.26. The van der Waals surface area contributed by atoms with Crippen molar-refractivity contribution in [3.8, 4) is 0 Å². The van der Waals surface area contributed by atoms with Crippen molar-refractivity contribution in [2.45, 2.75) is 44.9 Å². The molecule has 2 aliphatic rings. The molecule has 0 aromatic heterocycles. The summed E-state index contributed by atoms with van der Waals surface area (Å²) in [5, 5.41) is 3.00. The fraction of sp³-hybridized carbons (Fsp3) is 0.464. The van der Waals surface area contributed by atoms with Crippen LogP contribution in [0.5, 0.6) is 0 Å². The first-order valence-corrected chi connectivity index (χ1v) is 12.6. The minimum atomic E-state index is -0.810. The average Bonchev–Trinajstić information content (AvgIpc) is 3.37. The number of carbonyl (C=O) groups is 3. The van der Waals surface area contributed by atoms with Crippen LogP contribution in [0.2, 0.25) is 0 Å². The summed E-state index contributed by atoms with van der Waals surface area (Å²) in [6.07, 6.45) is 3.04. The Hall–Kier alpha value is -3.26. The number of ether oxygens (including phenoxy) is 1. The van der Waals surface area contributed by atoms with E-state index in [1.54, 1.807) is 17.0 Å². The molecule has 1 saturated heterocycles. The highest BCUT2D eigenvalue weighted by molar-refractivity contribution is 5.93. The van der Waals surface area contributed by atoms with Crippen LogP contribution < -0.4 is 5.32 Å². The molecule has 1 saturated carbocycles. The monoisotopic (exact) mass is 495 g/mol. The maximum Gasteiger partial charge on any atom is 0.317 e. The van der Waals surface area contributed by atoms with Crippen LogP contribution in [-0.4, -0.2) is 66.9 Å². The predicted octanol–water partition coefficient (Wildman–Crippen LogP) is 3.58. The summed E-state index contributed by atoms with van der Waals surface area (Å²) in [5.41, 5.74) is 2.82. The Morgan fingerprint density at radius 2 is 1.56 bits per heavy atom. The lowest BCUT2D eigenvalue weighted by Crippen LogP contribution is -2.51. The predicted molar refractivity (Wildman–Crippen MR) is 135 cm³/mol. The Morgan fingerprint density at radius 3 is 2.17 bits per heavy atom. The third-order valence-corrected chi connectivity index (χ3v) is 7.41. The number of anilines is 1. The molecule has 36 heavy (non-hydrogen) atoms. The molecule has 0 bridgehead atoms. The van der Waals surface area contributed by atoms with E-state index in [-0.39, 0.29) is 30.8 Å². The van der Waals surface area contributed by atoms with E-state index in [0.717, 1.165) is 35.2 Å². The van der Waals surface area contributed by atoms with Gasteiger partial charge in [0.1, 0.15) is 5.82 Å². The summed E-state index contributed by atoms with van der Waals surface area (Å²) in [6.45, 7) is 5.95. The van der Waals surface area contributed by atoms with Gasteiger partial charge in [-0.3, -0.25) is 19.3 Å². The molecule has 1 N–H and O–H groups in total. The zero-order valence-corrected chi connectivity index (χ0v) is 21.0. The van der Waals surface area contributed by atoms with E-state index in [9.17, 15) is 18.8 Å². The number of nitrogens with zero attached hydrogens (tertiary/aromatic N) is 2. The van der Waals surface area contributed by atoms with Crippen molar-refractivity contribution in [1.82, 2.24) is 9.80 Å². The van der Waals surface area contributed by atoms with Crippen molar-refractivity contribution < 1.29 is 23.5 Å². The third kappa shape index (κ3) is 5.75. The van der Waals surface area contributed by atoms with Gasteiger partial charge in [0.2, 0.25) is 5.91 Å². The highest BCUT2D eigenvalue weighted by Gasteiger charge is 2.44. The van der Waals surface area contributed by atoms with Crippen LogP contribution in [-0.2, 0) is 24.5 Å². The van der Waals surface area contributed by atoms with Crippen LogP contribution in [0.4, 0.5) is 10.1 Å². The summed E-state index contributed by atoms with van der Waals surface area (Å²) in [4.78, 5) is 42.1. The van der Waals surface area contributed by atoms with Gasteiger partial charge >= 0.3 is 5.97 Å². The van der Waals surface area contributed by atoms with Gasteiger partial charge in [0.25, 0.3) is 5.91 Å². The van der Waals surface area contributed by atoms with Gasteiger partial charge < -0.3 is 15.0 Å². The molecular weight excluding hydrogens is 461 g/mol. The number of nitrogens with one attached hydrogen (secondary N) is 1. The number of para-hydroxylation sites is 1. The standard InChI is InChI=1S/C28H34FN3O4/c1-20-6-5-7-21(2)26(20)30-24(33)18-31-14-16-32(17-15-31)25(34)19-36-27(35)28(12-3-4-13-28)22-8-10-23(29)11-9-22/h5-11H,3-4,12-19H2,1-2H3,(H,30,33). The van der Waals surface area contributed by atoms with Crippen LogP contribution in [0.1, 0.15) is 42.4 Å². The first kappa shape index (κ1) is 25.8. The topological polar surface area (TPSA) is 79.0 Å². The van der Waals surface area contributed by atoms with Crippen molar-refractivity contribution in [2.75, 3.05) is 44.6 Å². The Balaban J connectivity index is 1.25. The third-order valence-electron chi connectivity index (χ3n) is 7.41. The second-order valence-corrected chi connectivity index (χ2v) is 9.84. The first-order valence-electron chi connectivity index (χ1n) is 12.6. The Morgan fingerprint density at radius 1 is 0.944 bits per heavy atom. The maximum absolute atomic E-state index is 13.4. The number of esters is 1. The number of carbonyl (C=O) groups excluding carboxylic acids is 3. The molecule has 8 heteroatoms. The van der Waals surface area contributed by atoms with Crippen LogP contribution in [0.3, 0.4) is 0 Å². The van der Waals surface area contributed by atoms with E-state index >= 15 is 0 Å². The first-order chi connectivity index (χ1) is 17.3. The molecule has 0 atom stereocenters. The summed E-state index contributed by atoms with van der Waals surface area (Å²) in [6, 6.07) is 11.9. The lowest BCUT2D eigenvalue weighted by Gasteiger charge is -2.34. The fourth-order valence-electron chi connectivity index (χ4n) is 5.26. The lowest BCUT2D eigenvalue weighted by molar-refractivity contribution is -0.157. The number of piperazine rings is 1. The van der Waals surface area contributed by atoms with Crippen LogP contribution in [0, 0.1) is 19.7 Å². The maximum atomic E-state index is 13.4. The van der Waals surface area contributed by atoms with E-state index < -0.39 is 11.4 Å². The number of halogens is 1. The number of hydrogen-bond donors (Lipinski definition) is 1. The zero-order valence-electron chi connectivity index (χ0n) is 21.0. The highest BCUT2D eigenvalue weighted by Crippen LogP contribution is 2.42. The van der Waals surface area contributed by atoms with E-state index in [0.29, 0.717) is 39.0 Å². The van der Waals surface area contributed by atoms with Gasteiger partial charge in [0, 0.05) is 31.9 Å². The van der Waals surface area contributed by atoms with Gasteiger partial charge in [-0.2, -0.15) is 0 Å². The SMILES string of the molecule is Cc1cccc(C)c1NC(=O)CN1CCN(C(=O)COC(=O)C2(c3ccc(F)cc3)CCCC2)CC1. The molecule has 0 spiro atoms. The molecule has 0 radical (unpaired) electrons. The van der Waals surface area contributed by atoms with Crippen LogP contribution in [0.25, 0.3) is 0 Å². The number of benzene rings is 2. The van der Waals surface area contributed by atoms with Crippen LogP contribution in [0.15, 0.2) is 42.5 Å². The Kier molecular flexibility index (Phi) is 8.04. The number of aryl methyl sites for hydroxylation is 2. The van der Waals surface area contributed by atoms with Gasteiger partial charge in [-0.25, -0.2) is 4.39 Å². The number of hydrogen-bond acceptors (Lipinski definition) is 5. The van der Waals surface area contributed by atoms with Crippen molar-refractivity contribution in [1.29, 1.82) is 0 Å². The van der Waals surface area contributed by atoms with Crippen molar-refractivity contribution in [2.24, 2.45) is 0 Å². The van der Waals surface area contributed by atoms with E-state index in [1.165, 1.54) is 12.1 Å². The molecule has 0 unspecified atom stereocenters. The molecule has 1 aliphatic heterocycles. The van der Waals surface area contributed by atoms with Crippen LogP contribution >= 0.6 is 0 Å². The molecule has 2 aromatic carbocycles. The van der Waals surface area contributed by atoms with E-state index in [1.807, 2.05) is 36.9 Å². The van der Waals surface area contributed by atoms with E-state index in [4.69, 9.17) is 4.74 Å². The normalized spacial score (nSPS) is 17.6. The summed E-state index contributed by atoms with van der Waals surface area (Å²) < 4.78 is 18.9. The Bertz CT molecular complexity index is 1080. The molecule has 7 nitrogen and oxygen atoms in total.